The highest BCUT2D eigenvalue weighted by atomic mass is 35.5. The summed E-state index contributed by atoms with van der Waals surface area (Å²) in [6.45, 7) is 6.55. The molecule has 0 spiro atoms. The van der Waals surface area contributed by atoms with Crippen molar-refractivity contribution in [2.45, 2.75) is 45.3 Å². The average molecular weight is 465 g/mol. The fourth-order valence-electron chi connectivity index (χ4n) is 3.27. The molecule has 2 amide bonds. The van der Waals surface area contributed by atoms with Crippen molar-refractivity contribution in [2.24, 2.45) is 0 Å². The topological polar surface area (TPSA) is 67.9 Å². The first-order valence-corrected chi connectivity index (χ1v) is 10.9. The summed E-state index contributed by atoms with van der Waals surface area (Å²) in [4.78, 5) is 26.4. The standard InChI is InChI=1S/C23H26Cl2N2O4/c1-23(2,3)31-22(29)26-15-7-9-16(10-8-15)30-17-11-13-27(14-12-17)21(28)20-18(24)5-4-6-19(20)25/h4-10,17H,11-14H2,1-3H3,(H,26,29). The van der Waals surface area contributed by atoms with E-state index in [4.69, 9.17) is 32.7 Å². The van der Waals surface area contributed by atoms with Crippen LogP contribution in [0.3, 0.4) is 0 Å². The molecule has 1 fully saturated rings. The third-order valence-electron chi connectivity index (χ3n) is 4.71. The van der Waals surface area contributed by atoms with E-state index in [9.17, 15) is 9.59 Å². The number of piperidine rings is 1. The lowest BCUT2D eigenvalue weighted by Gasteiger charge is -2.32. The van der Waals surface area contributed by atoms with Crippen LogP contribution in [0.5, 0.6) is 5.75 Å². The van der Waals surface area contributed by atoms with Crippen LogP contribution in [0.2, 0.25) is 10.0 Å². The maximum Gasteiger partial charge on any atom is 0.412 e. The third kappa shape index (κ3) is 6.52. The minimum Gasteiger partial charge on any atom is -0.490 e. The highest BCUT2D eigenvalue weighted by molar-refractivity contribution is 6.39. The maximum absolute atomic E-state index is 12.8. The molecule has 0 bridgehead atoms. The lowest BCUT2D eigenvalue weighted by Crippen LogP contribution is -2.42. The number of carbonyl (C=O) groups is 2. The van der Waals surface area contributed by atoms with Crippen molar-refractivity contribution in [3.05, 3.63) is 58.1 Å². The van der Waals surface area contributed by atoms with Gasteiger partial charge in [-0.05, 0) is 57.2 Å². The molecule has 0 aliphatic carbocycles. The van der Waals surface area contributed by atoms with E-state index in [1.165, 1.54) is 0 Å². The second kappa shape index (κ2) is 9.79. The number of rotatable bonds is 4. The molecular formula is C23H26Cl2N2O4. The van der Waals surface area contributed by atoms with Crippen molar-refractivity contribution in [1.82, 2.24) is 4.90 Å². The number of hydrogen-bond donors (Lipinski definition) is 1. The summed E-state index contributed by atoms with van der Waals surface area (Å²) in [5.74, 6) is 0.542. The number of benzene rings is 2. The number of anilines is 1. The Labute approximate surface area is 192 Å². The zero-order valence-corrected chi connectivity index (χ0v) is 19.3. The minimum atomic E-state index is -0.555. The van der Waals surface area contributed by atoms with Crippen LogP contribution in [-0.2, 0) is 4.74 Å². The summed E-state index contributed by atoms with van der Waals surface area (Å²) in [5, 5.41) is 3.40. The smallest absolute Gasteiger partial charge is 0.412 e. The van der Waals surface area contributed by atoms with E-state index in [1.54, 1.807) is 47.4 Å². The second-order valence-corrected chi connectivity index (χ2v) is 9.17. The maximum atomic E-state index is 12.8. The quantitative estimate of drug-likeness (QED) is 0.599. The first-order valence-electron chi connectivity index (χ1n) is 10.1. The summed E-state index contributed by atoms with van der Waals surface area (Å²) in [5.41, 5.74) is 0.414. The van der Waals surface area contributed by atoms with Crippen molar-refractivity contribution in [3.63, 3.8) is 0 Å². The largest absolute Gasteiger partial charge is 0.490 e. The molecule has 1 saturated heterocycles. The first kappa shape index (κ1) is 23.2. The SMILES string of the molecule is CC(C)(C)OC(=O)Nc1ccc(OC2CCN(C(=O)c3c(Cl)cccc3Cl)CC2)cc1. The number of hydrogen-bond acceptors (Lipinski definition) is 4. The third-order valence-corrected chi connectivity index (χ3v) is 5.34. The van der Waals surface area contributed by atoms with Crippen LogP contribution in [0.25, 0.3) is 0 Å². The molecule has 3 rings (SSSR count). The number of carbonyl (C=O) groups excluding carboxylic acids is 2. The Morgan fingerprint density at radius 3 is 2.13 bits per heavy atom. The molecule has 0 radical (unpaired) electrons. The molecule has 0 unspecified atom stereocenters. The molecule has 2 aromatic rings. The van der Waals surface area contributed by atoms with Gasteiger partial charge < -0.3 is 14.4 Å². The minimum absolute atomic E-state index is 0.00423. The van der Waals surface area contributed by atoms with Gasteiger partial charge in [0, 0.05) is 31.6 Å². The van der Waals surface area contributed by atoms with Gasteiger partial charge >= 0.3 is 6.09 Å². The van der Waals surface area contributed by atoms with E-state index >= 15 is 0 Å². The summed E-state index contributed by atoms with van der Waals surface area (Å²) < 4.78 is 11.3. The predicted molar refractivity (Wildman–Crippen MR) is 122 cm³/mol. The Bertz CT molecular complexity index is 913. The first-order chi connectivity index (χ1) is 14.6. The van der Waals surface area contributed by atoms with E-state index in [2.05, 4.69) is 5.32 Å². The van der Waals surface area contributed by atoms with Gasteiger partial charge in [-0.3, -0.25) is 10.1 Å². The zero-order chi connectivity index (χ0) is 22.6. The normalized spacial score (nSPS) is 14.8. The van der Waals surface area contributed by atoms with Crippen LogP contribution in [0.4, 0.5) is 10.5 Å². The molecule has 1 aliphatic heterocycles. The Kier molecular flexibility index (Phi) is 7.34. The van der Waals surface area contributed by atoms with E-state index in [-0.39, 0.29) is 12.0 Å². The van der Waals surface area contributed by atoms with Crippen molar-refractivity contribution < 1.29 is 19.1 Å². The summed E-state index contributed by atoms with van der Waals surface area (Å²) >= 11 is 12.3. The molecule has 0 saturated carbocycles. The number of amides is 2. The fourth-order valence-corrected chi connectivity index (χ4v) is 3.83. The number of nitrogens with one attached hydrogen (secondary N) is 1. The predicted octanol–water partition coefficient (Wildman–Crippen LogP) is 6.02. The molecule has 0 atom stereocenters. The van der Waals surface area contributed by atoms with Crippen molar-refractivity contribution in [1.29, 1.82) is 0 Å². The lowest BCUT2D eigenvalue weighted by atomic mass is 10.1. The molecule has 31 heavy (non-hydrogen) atoms. The van der Waals surface area contributed by atoms with E-state index in [0.29, 0.717) is 53.0 Å². The van der Waals surface area contributed by atoms with Crippen LogP contribution in [-0.4, -0.2) is 41.7 Å². The number of likely N-dealkylation sites (tertiary alicyclic amines) is 1. The number of ether oxygens (including phenoxy) is 2. The molecule has 2 aromatic carbocycles. The average Bonchev–Trinajstić information content (AvgIpc) is 2.68. The summed E-state index contributed by atoms with van der Waals surface area (Å²) in [6.07, 6.45) is 0.893. The molecule has 8 heteroatoms. The Morgan fingerprint density at radius 1 is 1.00 bits per heavy atom. The van der Waals surface area contributed by atoms with Crippen LogP contribution >= 0.6 is 23.2 Å². The van der Waals surface area contributed by atoms with Crippen LogP contribution < -0.4 is 10.1 Å². The number of halogens is 2. The van der Waals surface area contributed by atoms with Gasteiger partial charge in [0.2, 0.25) is 0 Å². The monoisotopic (exact) mass is 464 g/mol. The number of nitrogens with zero attached hydrogens (tertiary/aromatic N) is 1. The van der Waals surface area contributed by atoms with E-state index in [1.807, 2.05) is 20.8 Å². The van der Waals surface area contributed by atoms with Crippen molar-refractivity contribution in [3.8, 4) is 5.75 Å². The van der Waals surface area contributed by atoms with Gasteiger partial charge in [0.05, 0.1) is 15.6 Å². The van der Waals surface area contributed by atoms with Gasteiger partial charge in [0.15, 0.2) is 0 Å². The van der Waals surface area contributed by atoms with Gasteiger partial charge in [0.1, 0.15) is 17.5 Å². The Morgan fingerprint density at radius 2 is 1.58 bits per heavy atom. The van der Waals surface area contributed by atoms with Gasteiger partial charge in [-0.25, -0.2) is 4.79 Å². The van der Waals surface area contributed by atoms with Crippen molar-refractivity contribution >= 4 is 40.9 Å². The van der Waals surface area contributed by atoms with Crippen molar-refractivity contribution in [2.75, 3.05) is 18.4 Å². The summed E-state index contributed by atoms with van der Waals surface area (Å²) in [6, 6.07) is 12.2. The van der Waals surface area contributed by atoms with Gasteiger partial charge in [-0.1, -0.05) is 29.3 Å². The van der Waals surface area contributed by atoms with Crippen LogP contribution in [0, 0.1) is 0 Å². The van der Waals surface area contributed by atoms with Gasteiger partial charge in [-0.15, -0.1) is 0 Å². The molecule has 1 N–H and O–H groups in total. The molecular weight excluding hydrogens is 439 g/mol. The summed E-state index contributed by atoms with van der Waals surface area (Å²) in [7, 11) is 0. The van der Waals surface area contributed by atoms with Gasteiger partial charge in [-0.2, -0.15) is 0 Å². The highest BCUT2D eigenvalue weighted by Crippen LogP contribution is 2.28. The van der Waals surface area contributed by atoms with Crippen LogP contribution in [0.15, 0.2) is 42.5 Å². The Hall–Kier alpha value is -2.44. The fraction of sp³-hybridized carbons (Fsp3) is 0.391. The molecule has 166 valence electrons. The Balaban J connectivity index is 1.51. The lowest BCUT2D eigenvalue weighted by molar-refractivity contribution is 0.0592. The second-order valence-electron chi connectivity index (χ2n) is 8.36. The van der Waals surface area contributed by atoms with E-state index in [0.717, 1.165) is 0 Å². The highest BCUT2D eigenvalue weighted by Gasteiger charge is 2.27. The zero-order valence-electron chi connectivity index (χ0n) is 17.8. The van der Waals surface area contributed by atoms with Crippen LogP contribution in [0.1, 0.15) is 44.0 Å². The van der Waals surface area contributed by atoms with E-state index < -0.39 is 11.7 Å². The molecule has 1 heterocycles. The molecule has 1 aliphatic rings. The van der Waals surface area contributed by atoms with Gasteiger partial charge in [0.25, 0.3) is 5.91 Å². The molecule has 6 nitrogen and oxygen atoms in total. The molecule has 0 aromatic heterocycles.